The molecule has 0 radical (unpaired) electrons. The lowest BCUT2D eigenvalue weighted by atomic mass is 9.99. The number of nitrogens with one attached hydrogen (secondary N) is 11. The van der Waals surface area contributed by atoms with Gasteiger partial charge >= 0.3 is 12.0 Å². The number of aliphatic carboxylic acids is 1. The Morgan fingerprint density at radius 3 is 1.32 bits per heavy atom. The van der Waals surface area contributed by atoms with Gasteiger partial charge in [0, 0.05) is 73.3 Å². The van der Waals surface area contributed by atoms with E-state index in [9.17, 15) is 48.9 Å². The van der Waals surface area contributed by atoms with Crippen molar-refractivity contribution in [2.75, 3.05) is 18.1 Å². The number of benzene rings is 5. The fourth-order valence-corrected chi connectivity index (χ4v) is 10.9. The summed E-state index contributed by atoms with van der Waals surface area (Å²) < 4.78 is 0. The van der Waals surface area contributed by atoms with E-state index in [0.717, 1.165) is 5.56 Å². The Morgan fingerprint density at radius 1 is 0.458 bits per heavy atom. The normalized spacial score (nSPS) is 14.3. The van der Waals surface area contributed by atoms with Crippen LogP contribution in [0.25, 0.3) is 10.9 Å². The van der Waals surface area contributed by atoms with Gasteiger partial charge in [0.05, 0.1) is 6.10 Å². The summed E-state index contributed by atoms with van der Waals surface area (Å²) in [7, 11) is 0. The molecule has 0 saturated carbocycles. The number of thiol groups is 2. The van der Waals surface area contributed by atoms with Crippen molar-refractivity contribution in [1.82, 2.24) is 58.2 Å². The first-order chi connectivity index (χ1) is 45.9. The van der Waals surface area contributed by atoms with Crippen molar-refractivity contribution >= 4 is 95.4 Å². The number of amides is 10. The number of aromatic nitrogens is 1. The van der Waals surface area contributed by atoms with Gasteiger partial charge in [0.2, 0.25) is 47.3 Å². The minimum Gasteiger partial charge on any atom is -0.508 e. The fraction of sp³-hybridized carbons (Fsp3) is 0.382. The maximum absolute atomic E-state index is 15.3. The lowest BCUT2D eigenvalue weighted by Gasteiger charge is -2.29. The molecule has 10 atom stereocenters. The highest BCUT2D eigenvalue weighted by atomic mass is 32.1. The number of H-pyrrole nitrogens is 1. The van der Waals surface area contributed by atoms with E-state index in [0.29, 0.717) is 51.7 Å². The molecule has 514 valence electrons. The second-order valence-electron chi connectivity index (χ2n) is 23.6. The molecule has 0 aliphatic heterocycles. The molecular weight excluding hydrogens is 1270 g/mol. The van der Waals surface area contributed by atoms with E-state index in [1.165, 1.54) is 31.2 Å². The standard InChI is InChI=1S/C68H87N13O13S2/c1-39(2)71-35-45-23-21-43(22-24-45)32-52(74-60(85)51(30-41-14-6-4-7-15-41)75-65(90)56(37-95)78-63(88)54(80-68(70)94)33-44-25-27-47(83)28-26-44)61(86)76-55(34-46-36-72-49-19-11-10-18-48(46)49)64(89)73-50(20-12-13-29-69)59(84)81-58(40(3)82)66(91)77-53(31-42-16-8-5-9-17-42)62(87)79-57(38-96)67(92)93/h4-11,14-19,21-28,36,39-40,50-58,71-72,82-83,95-96H,12-13,20,29-35,37-38,69H2,1-3H3,(H,73,89)(H,74,85)(H,75,90)(H,76,86)(H,77,91)(H,78,88)(H,79,87)(H,81,84)(H,92,93)(H3,70,80,94)/t40-,50+,51+,52+,53+,54+,55-,56+,57+,58+/m1/s1. The first-order valence-electron chi connectivity index (χ1n) is 31.5. The average molecular weight is 1360 g/mol. The van der Waals surface area contributed by atoms with Crippen molar-refractivity contribution in [2.24, 2.45) is 11.5 Å². The van der Waals surface area contributed by atoms with Crippen LogP contribution >= 0.6 is 25.3 Å². The third-order valence-corrected chi connectivity index (χ3v) is 16.4. The molecule has 0 unspecified atom stereocenters. The van der Waals surface area contributed by atoms with Gasteiger partial charge in [0.15, 0.2) is 0 Å². The van der Waals surface area contributed by atoms with Gasteiger partial charge in [-0.15, -0.1) is 0 Å². The second-order valence-corrected chi connectivity index (χ2v) is 24.3. The molecule has 1 aromatic heterocycles. The van der Waals surface area contributed by atoms with Crippen molar-refractivity contribution in [3.8, 4) is 5.75 Å². The lowest BCUT2D eigenvalue weighted by Crippen LogP contribution is -2.62. The Bertz CT molecular complexity index is 3570. The molecule has 0 saturated heterocycles. The van der Waals surface area contributed by atoms with Crippen LogP contribution in [-0.4, -0.2) is 164 Å². The average Bonchev–Trinajstić information content (AvgIpc) is 1.54. The number of aliphatic hydroxyl groups excluding tert-OH is 1. The Labute approximate surface area is 567 Å². The van der Waals surface area contributed by atoms with Gasteiger partial charge in [-0.3, -0.25) is 38.4 Å². The fourth-order valence-electron chi connectivity index (χ4n) is 10.4. The zero-order valence-corrected chi connectivity index (χ0v) is 55.4. The van der Waals surface area contributed by atoms with E-state index in [-0.39, 0.29) is 74.8 Å². The SMILES string of the molecule is CC(C)NCc1ccc(C[C@H](NC(=O)[C@H](Cc2ccccc2)NC(=O)[C@H](CS)NC(=O)[C@H](Cc2ccc(O)cc2)NC(N)=O)C(=O)N[C@H](Cc2c[nH]c3ccccc23)C(=O)N[C@@H](CCCCN)C(=O)N[C@H](C(=O)N[C@@H](Cc2ccccc2)C(=O)N[C@@H](CS)C(=O)O)[C@@H](C)O)cc1. The molecule has 1 heterocycles. The first kappa shape index (κ1) is 75.5. The number of unbranched alkanes of at least 4 members (excludes halogenated alkanes) is 1. The quantitative estimate of drug-likeness (QED) is 0.0192. The smallest absolute Gasteiger partial charge is 0.327 e. The summed E-state index contributed by atoms with van der Waals surface area (Å²) in [6.45, 7) is 5.96. The van der Waals surface area contributed by atoms with Crippen LogP contribution in [-0.2, 0) is 81.8 Å². The highest BCUT2D eigenvalue weighted by Gasteiger charge is 2.37. The molecule has 6 aromatic rings. The van der Waals surface area contributed by atoms with Crippen LogP contribution < -0.4 is 64.6 Å². The van der Waals surface area contributed by atoms with E-state index in [4.69, 9.17) is 11.5 Å². The van der Waals surface area contributed by atoms with Gasteiger partial charge in [-0.2, -0.15) is 25.3 Å². The number of aliphatic hydroxyl groups is 1. The maximum Gasteiger partial charge on any atom is 0.327 e. The van der Waals surface area contributed by atoms with E-state index >= 15 is 14.4 Å². The van der Waals surface area contributed by atoms with Crippen molar-refractivity contribution in [2.45, 2.75) is 145 Å². The number of primary amides is 1. The number of aromatic amines is 1. The molecule has 26 nitrogen and oxygen atoms in total. The Kier molecular flexibility index (Phi) is 30.0. The Balaban J connectivity index is 1.32. The predicted octanol–water partition coefficient (Wildman–Crippen LogP) is 1.25. The van der Waals surface area contributed by atoms with Gasteiger partial charge in [0.25, 0.3) is 0 Å². The van der Waals surface area contributed by atoms with Crippen LogP contribution in [0.3, 0.4) is 0 Å². The number of para-hydroxylation sites is 1. The third kappa shape index (κ3) is 24.1. The molecule has 5 aromatic carbocycles. The first-order valence-corrected chi connectivity index (χ1v) is 32.8. The number of rotatable bonds is 38. The van der Waals surface area contributed by atoms with Crippen LogP contribution in [0, 0.1) is 0 Å². The number of hydrogen-bond acceptors (Lipinski definition) is 16. The number of fused-ring (bicyclic) bond motifs is 1. The number of phenolic OH excluding ortho intramolecular Hbond substituents is 1. The molecule has 0 fully saturated rings. The molecule has 0 aliphatic carbocycles. The van der Waals surface area contributed by atoms with E-state index in [2.05, 4.69) is 83.4 Å². The Morgan fingerprint density at radius 2 is 0.854 bits per heavy atom. The largest absolute Gasteiger partial charge is 0.508 e. The van der Waals surface area contributed by atoms with Gasteiger partial charge in [-0.25, -0.2) is 9.59 Å². The third-order valence-electron chi connectivity index (χ3n) is 15.6. The number of hydrogen-bond donors (Lipinski definition) is 18. The van der Waals surface area contributed by atoms with Crippen molar-refractivity contribution < 1.29 is 63.3 Å². The van der Waals surface area contributed by atoms with Gasteiger partial charge in [0.1, 0.15) is 60.1 Å². The number of carboxylic acids is 1. The number of nitrogens with two attached hydrogens (primary N) is 2. The molecule has 28 heteroatoms. The maximum atomic E-state index is 15.3. The van der Waals surface area contributed by atoms with E-state index in [1.807, 2.05) is 38.1 Å². The van der Waals surface area contributed by atoms with Crippen LogP contribution in [0.15, 0.2) is 140 Å². The molecule has 0 spiro atoms. The van der Waals surface area contributed by atoms with Gasteiger partial charge in [-0.05, 0) is 84.3 Å². The molecular formula is C68H87N13O13S2. The van der Waals surface area contributed by atoms with Crippen LogP contribution in [0.4, 0.5) is 4.79 Å². The van der Waals surface area contributed by atoms with Crippen molar-refractivity contribution in [3.05, 3.63) is 173 Å². The number of carbonyl (C=O) groups excluding carboxylic acids is 9. The summed E-state index contributed by atoms with van der Waals surface area (Å²) in [5.41, 5.74) is 15.8. The molecule has 0 bridgehead atoms. The van der Waals surface area contributed by atoms with Gasteiger partial charge in [-0.1, -0.05) is 129 Å². The monoisotopic (exact) mass is 1360 g/mol. The second kappa shape index (κ2) is 38.2. The molecule has 10 amide bonds. The summed E-state index contributed by atoms with van der Waals surface area (Å²) in [6, 6.07) is 23.5. The van der Waals surface area contributed by atoms with Crippen LogP contribution in [0.2, 0.25) is 0 Å². The van der Waals surface area contributed by atoms with E-state index in [1.54, 1.807) is 91.1 Å². The van der Waals surface area contributed by atoms with Crippen LogP contribution in [0.5, 0.6) is 5.75 Å². The summed E-state index contributed by atoms with van der Waals surface area (Å²) >= 11 is 8.40. The minimum absolute atomic E-state index is 0.0332. The van der Waals surface area contributed by atoms with Crippen molar-refractivity contribution in [1.29, 1.82) is 0 Å². The highest BCUT2D eigenvalue weighted by molar-refractivity contribution is 7.80. The minimum atomic E-state index is -1.75. The lowest BCUT2D eigenvalue weighted by molar-refractivity contribution is -0.141. The topological polar surface area (TPSA) is 420 Å². The molecule has 6 rings (SSSR count). The van der Waals surface area contributed by atoms with E-state index < -0.39 is 120 Å². The van der Waals surface area contributed by atoms with Crippen molar-refractivity contribution in [3.63, 3.8) is 0 Å². The zero-order chi connectivity index (χ0) is 69.8. The summed E-state index contributed by atoms with van der Waals surface area (Å²) in [4.78, 5) is 143. The van der Waals surface area contributed by atoms with Gasteiger partial charge < -0.3 is 84.9 Å². The molecule has 18 N–H and O–H groups in total. The number of carbonyl (C=O) groups is 10. The summed E-state index contributed by atoms with van der Waals surface area (Å²) in [5, 5.41) is 58.3. The summed E-state index contributed by atoms with van der Waals surface area (Å²) in [6.07, 6.45) is -0.0434. The number of carboxylic acid groups (broad SMARTS) is 1. The number of phenols is 1. The van der Waals surface area contributed by atoms with Crippen LogP contribution in [0.1, 0.15) is 73.4 Å². The zero-order valence-electron chi connectivity index (χ0n) is 53.6. The number of urea groups is 1. The molecule has 0 aliphatic rings. The Hall–Kier alpha value is -9.48. The molecule has 96 heavy (non-hydrogen) atoms. The predicted molar refractivity (Wildman–Crippen MR) is 368 cm³/mol. The number of aromatic hydroxyl groups is 1. The summed E-state index contributed by atoms with van der Waals surface area (Å²) in [5.74, 6) is -9.11. The highest BCUT2D eigenvalue weighted by Crippen LogP contribution is 2.21.